The second-order valence-electron chi connectivity index (χ2n) is 7.29. The van der Waals surface area contributed by atoms with Crippen molar-refractivity contribution in [2.45, 2.75) is 26.2 Å². The number of hydrogen-bond acceptors (Lipinski definition) is 2. The Bertz CT molecular complexity index is 846. The highest BCUT2D eigenvalue weighted by Gasteiger charge is 2.23. The molecule has 0 spiro atoms. The summed E-state index contributed by atoms with van der Waals surface area (Å²) >= 11 is 0. The Morgan fingerprint density at radius 2 is 1.12 bits per heavy atom. The van der Waals surface area contributed by atoms with Gasteiger partial charge < -0.3 is 9.64 Å². The van der Waals surface area contributed by atoms with Gasteiger partial charge in [0.1, 0.15) is 5.75 Å². The van der Waals surface area contributed by atoms with Crippen LogP contribution in [0, 0.1) is 6.92 Å². The van der Waals surface area contributed by atoms with E-state index in [1.165, 1.54) is 22.4 Å². The molecular weight excluding hydrogens is 318 g/mol. The third-order valence-electron chi connectivity index (χ3n) is 5.21. The number of hydrogen-bond donors (Lipinski definition) is 0. The van der Waals surface area contributed by atoms with Crippen molar-refractivity contribution in [3.8, 4) is 5.75 Å². The van der Waals surface area contributed by atoms with Crippen LogP contribution < -0.4 is 9.64 Å². The number of anilines is 2. The Balaban J connectivity index is 1.83. The van der Waals surface area contributed by atoms with Crippen LogP contribution in [0.5, 0.6) is 5.75 Å². The second-order valence-corrected chi connectivity index (χ2v) is 7.29. The van der Waals surface area contributed by atoms with Crippen LogP contribution in [0.4, 0.5) is 11.4 Å². The number of ether oxygens (including phenoxy) is 1. The Morgan fingerprint density at radius 1 is 0.692 bits per heavy atom. The molecule has 134 valence electrons. The van der Waals surface area contributed by atoms with Gasteiger partial charge in [-0.25, -0.2) is 0 Å². The summed E-state index contributed by atoms with van der Waals surface area (Å²) < 4.78 is 5.24. The molecule has 0 aliphatic heterocycles. The third kappa shape index (κ3) is 3.60. The van der Waals surface area contributed by atoms with Gasteiger partial charge in [-0.2, -0.15) is 0 Å². The smallest absolute Gasteiger partial charge is 0.119 e. The van der Waals surface area contributed by atoms with Crippen LogP contribution in [0.3, 0.4) is 0 Å². The highest BCUT2D eigenvalue weighted by atomic mass is 16.5. The Labute approximate surface area is 157 Å². The number of rotatable bonds is 5. The Kier molecular flexibility index (Phi) is 5.03. The monoisotopic (exact) mass is 345 g/mol. The van der Waals surface area contributed by atoms with Gasteiger partial charge in [0.05, 0.1) is 7.11 Å². The van der Waals surface area contributed by atoms with E-state index in [-0.39, 0.29) is 5.41 Å². The molecule has 26 heavy (non-hydrogen) atoms. The molecule has 0 fully saturated rings. The molecule has 0 unspecified atom stereocenters. The molecule has 0 atom stereocenters. The predicted molar refractivity (Wildman–Crippen MR) is 111 cm³/mol. The predicted octanol–water partition coefficient (Wildman–Crippen LogP) is 6.10. The van der Waals surface area contributed by atoms with E-state index in [0.29, 0.717) is 0 Å². The minimum Gasteiger partial charge on any atom is -0.497 e. The molecule has 0 aliphatic rings. The van der Waals surface area contributed by atoms with Gasteiger partial charge in [0.15, 0.2) is 0 Å². The second kappa shape index (κ2) is 7.25. The van der Waals surface area contributed by atoms with Gasteiger partial charge in [-0.3, -0.25) is 0 Å². The first kappa shape index (κ1) is 18.1. The molecule has 0 amide bonds. The summed E-state index contributed by atoms with van der Waals surface area (Å²) in [5.74, 6) is 0.873. The van der Waals surface area contributed by atoms with Crippen LogP contribution in [0.2, 0.25) is 0 Å². The fourth-order valence-electron chi connectivity index (χ4n) is 3.19. The molecule has 2 heteroatoms. The summed E-state index contributed by atoms with van der Waals surface area (Å²) in [5, 5.41) is 0. The van der Waals surface area contributed by atoms with E-state index >= 15 is 0 Å². The lowest BCUT2D eigenvalue weighted by molar-refractivity contribution is 0.415. The maximum atomic E-state index is 5.24. The molecule has 0 bridgehead atoms. The molecule has 3 rings (SSSR count). The summed E-state index contributed by atoms with van der Waals surface area (Å²) in [6.07, 6.45) is 0. The van der Waals surface area contributed by atoms with Gasteiger partial charge in [-0.05, 0) is 54.4 Å². The lowest BCUT2D eigenvalue weighted by atomic mass is 9.78. The maximum Gasteiger partial charge on any atom is 0.119 e. The fraction of sp³-hybridized carbons (Fsp3) is 0.250. The molecule has 3 aromatic carbocycles. The number of methoxy groups -OCH3 is 1. The summed E-state index contributed by atoms with van der Waals surface area (Å²) in [5.41, 5.74) is 6.22. The van der Waals surface area contributed by atoms with Crippen molar-refractivity contribution in [2.24, 2.45) is 0 Å². The van der Waals surface area contributed by atoms with Crippen molar-refractivity contribution in [3.05, 3.63) is 89.5 Å². The molecular formula is C24H27NO. The fourth-order valence-corrected chi connectivity index (χ4v) is 3.19. The molecule has 0 aliphatic carbocycles. The van der Waals surface area contributed by atoms with Crippen LogP contribution in [0.1, 0.15) is 30.5 Å². The van der Waals surface area contributed by atoms with Crippen LogP contribution in [0.15, 0.2) is 72.8 Å². The largest absolute Gasteiger partial charge is 0.497 e. The van der Waals surface area contributed by atoms with Crippen LogP contribution in [-0.4, -0.2) is 14.2 Å². The van der Waals surface area contributed by atoms with Crippen molar-refractivity contribution in [1.29, 1.82) is 0 Å². The lowest BCUT2D eigenvalue weighted by Crippen LogP contribution is -2.19. The van der Waals surface area contributed by atoms with Crippen molar-refractivity contribution < 1.29 is 4.74 Å². The third-order valence-corrected chi connectivity index (χ3v) is 5.21. The highest BCUT2D eigenvalue weighted by Crippen LogP contribution is 2.33. The summed E-state index contributed by atoms with van der Waals surface area (Å²) in [7, 11) is 3.77. The molecule has 3 aromatic rings. The summed E-state index contributed by atoms with van der Waals surface area (Å²) in [4.78, 5) is 2.18. The quantitative estimate of drug-likeness (QED) is 0.554. The van der Waals surface area contributed by atoms with Crippen LogP contribution in [-0.2, 0) is 5.41 Å². The number of aryl methyl sites for hydroxylation is 1. The average Bonchev–Trinajstić information content (AvgIpc) is 2.68. The van der Waals surface area contributed by atoms with Crippen LogP contribution >= 0.6 is 0 Å². The van der Waals surface area contributed by atoms with E-state index < -0.39 is 0 Å². The number of nitrogens with zero attached hydrogens (tertiary/aromatic N) is 1. The van der Waals surface area contributed by atoms with Crippen molar-refractivity contribution in [2.75, 3.05) is 19.1 Å². The van der Waals surface area contributed by atoms with Gasteiger partial charge in [-0.15, -0.1) is 0 Å². The maximum absolute atomic E-state index is 5.24. The Hall–Kier alpha value is -2.74. The zero-order valence-electron chi connectivity index (χ0n) is 16.3. The van der Waals surface area contributed by atoms with E-state index in [9.17, 15) is 0 Å². The van der Waals surface area contributed by atoms with E-state index in [1.807, 2.05) is 12.1 Å². The van der Waals surface area contributed by atoms with Crippen molar-refractivity contribution in [3.63, 3.8) is 0 Å². The van der Waals surface area contributed by atoms with Crippen molar-refractivity contribution >= 4 is 11.4 Å². The summed E-state index contributed by atoms with van der Waals surface area (Å²) in [6.45, 7) is 6.68. The average molecular weight is 345 g/mol. The molecule has 0 saturated carbocycles. The SMILES string of the molecule is COc1ccc(N(C)c2ccc(C(C)(C)c3ccc(C)cc3)cc2)cc1. The zero-order valence-corrected chi connectivity index (χ0v) is 16.3. The minimum atomic E-state index is -0.0229. The van der Waals surface area contributed by atoms with Crippen molar-refractivity contribution in [1.82, 2.24) is 0 Å². The first-order chi connectivity index (χ1) is 12.4. The van der Waals surface area contributed by atoms with E-state index in [1.54, 1.807) is 7.11 Å². The van der Waals surface area contributed by atoms with E-state index in [2.05, 4.69) is 93.4 Å². The highest BCUT2D eigenvalue weighted by molar-refractivity contribution is 5.63. The normalized spacial score (nSPS) is 11.3. The molecule has 0 heterocycles. The first-order valence-electron chi connectivity index (χ1n) is 8.97. The van der Waals surface area contributed by atoms with Gasteiger partial charge in [0.2, 0.25) is 0 Å². The topological polar surface area (TPSA) is 12.5 Å². The molecule has 0 saturated heterocycles. The molecule has 0 radical (unpaired) electrons. The molecule has 0 aromatic heterocycles. The van der Waals surface area contributed by atoms with E-state index in [4.69, 9.17) is 4.74 Å². The minimum absolute atomic E-state index is 0.0229. The molecule has 2 nitrogen and oxygen atoms in total. The van der Waals surface area contributed by atoms with Gasteiger partial charge in [-0.1, -0.05) is 55.8 Å². The van der Waals surface area contributed by atoms with E-state index in [0.717, 1.165) is 11.4 Å². The first-order valence-corrected chi connectivity index (χ1v) is 8.97. The van der Waals surface area contributed by atoms with Crippen LogP contribution in [0.25, 0.3) is 0 Å². The lowest BCUT2D eigenvalue weighted by Gasteiger charge is -2.27. The number of benzene rings is 3. The van der Waals surface area contributed by atoms with Gasteiger partial charge in [0, 0.05) is 23.8 Å². The zero-order chi connectivity index (χ0) is 18.7. The van der Waals surface area contributed by atoms with Gasteiger partial charge >= 0.3 is 0 Å². The summed E-state index contributed by atoms with van der Waals surface area (Å²) in [6, 6.07) is 25.8. The Morgan fingerprint density at radius 3 is 1.58 bits per heavy atom. The van der Waals surface area contributed by atoms with Gasteiger partial charge in [0.25, 0.3) is 0 Å². The standard InChI is InChI=1S/C24H27NO/c1-18-6-8-19(9-7-18)24(2,3)20-10-12-21(13-11-20)25(4)22-14-16-23(26-5)17-15-22/h6-17H,1-5H3. The molecule has 0 N–H and O–H groups in total.